The second kappa shape index (κ2) is 5.15. The fourth-order valence-corrected chi connectivity index (χ4v) is 3.21. The van der Waals surface area contributed by atoms with Gasteiger partial charge in [-0.15, -0.1) is 0 Å². The molecule has 0 spiro atoms. The van der Waals surface area contributed by atoms with Crippen LogP contribution in [0.4, 0.5) is 0 Å². The van der Waals surface area contributed by atoms with E-state index >= 15 is 0 Å². The predicted molar refractivity (Wildman–Crippen MR) is 74.9 cm³/mol. The second-order valence-electron chi connectivity index (χ2n) is 5.43. The third-order valence-electron chi connectivity index (χ3n) is 4.25. The Bertz CT molecular complexity index is 523. The summed E-state index contributed by atoms with van der Waals surface area (Å²) in [5.74, 6) is 0.750. The lowest BCUT2D eigenvalue weighted by Gasteiger charge is -2.22. The van der Waals surface area contributed by atoms with Crippen molar-refractivity contribution in [2.24, 2.45) is 0 Å². The van der Waals surface area contributed by atoms with E-state index in [0.717, 1.165) is 12.3 Å². The first-order valence-corrected chi connectivity index (χ1v) is 7.09. The van der Waals surface area contributed by atoms with Gasteiger partial charge in [0.1, 0.15) is 0 Å². The molecule has 0 bridgehead atoms. The molecule has 0 unspecified atom stereocenters. The summed E-state index contributed by atoms with van der Waals surface area (Å²) in [6.07, 6.45) is 9.60. The van der Waals surface area contributed by atoms with E-state index in [1.165, 1.54) is 54.1 Å². The van der Waals surface area contributed by atoms with Crippen molar-refractivity contribution >= 4 is 10.9 Å². The van der Waals surface area contributed by atoms with Crippen LogP contribution in [0.5, 0.6) is 0 Å². The molecular weight excluding hydrogens is 222 g/mol. The molecule has 1 aromatic heterocycles. The van der Waals surface area contributed by atoms with Crippen LogP contribution in [0.1, 0.15) is 49.1 Å². The number of aliphatic hydroxyl groups excluding tert-OH is 1. The summed E-state index contributed by atoms with van der Waals surface area (Å²) < 4.78 is 0. The first-order chi connectivity index (χ1) is 8.88. The van der Waals surface area contributed by atoms with Crippen molar-refractivity contribution in [2.75, 3.05) is 6.61 Å². The standard InChI is InChI=1S/C16H21NO/c18-9-8-14-11-17-16-7-6-13(10-15(14)16)12-4-2-1-3-5-12/h6-7,10-12,17-18H,1-5,8-9H2. The maximum absolute atomic E-state index is 9.10. The molecule has 1 aliphatic rings. The minimum absolute atomic E-state index is 0.223. The molecule has 0 aliphatic heterocycles. The summed E-state index contributed by atoms with van der Waals surface area (Å²) in [7, 11) is 0. The van der Waals surface area contributed by atoms with Crippen LogP contribution in [-0.2, 0) is 6.42 Å². The molecule has 1 aromatic carbocycles. The van der Waals surface area contributed by atoms with Crippen LogP contribution < -0.4 is 0 Å². The van der Waals surface area contributed by atoms with Gasteiger partial charge in [-0.2, -0.15) is 0 Å². The number of hydrogen-bond donors (Lipinski definition) is 2. The molecule has 18 heavy (non-hydrogen) atoms. The fourth-order valence-electron chi connectivity index (χ4n) is 3.21. The van der Waals surface area contributed by atoms with Crippen LogP contribution >= 0.6 is 0 Å². The molecule has 1 fully saturated rings. The van der Waals surface area contributed by atoms with Gasteiger partial charge in [0, 0.05) is 23.7 Å². The zero-order valence-electron chi connectivity index (χ0n) is 10.8. The Hall–Kier alpha value is -1.28. The number of rotatable bonds is 3. The number of H-pyrrole nitrogens is 1. The van der Waals surface area contributed by atoms with Gasteiger partial charge in [-0.05, 0) is 48.4 Å². The summed E-state index contributed by atoms with van der Waals surface area (Å²) in [5.41, 5.74) is 3.92. The zero-order chi connectivity index (χ0) is 12.4. The lowest BCUT2D eigenvalue weighted by molar-refractivity contribution is 0.300. The highest BCUT2D eigenvalue weighted by atomic mass is 16.2. The van der Waals surface area contributed by atoms with Crippen molar-refractivity contribution < 1.29 is 5.11 Å². The molecule has 1 aliphatic carbocycles. The van der Waals surface area contributed by atoms with Crippen molar-refractivity contribution in [3.05, 3.63) is 35.5 Å². The summed E-state index contributed by atoms with van der Waals surface area (Å²) in [6.45, 7) is 0.223. The van der Waals surface area contributed by atoms with E-state index in [4.69, 9.17) is 5.11 Å². The van der Waals surface area contributed by atoms with E-state index in [0.29, 0.717) is 0 Å². The lowest BCUT2D eigenvalue weighted by atomic mass is 9.83. The molecule has 2 aromatic rings. The first-order valence-electron chi connectivity index (χ1n) is 7.09. The van der Waals surface area contributed by atoms with Crippen molar-refractivity contribution in [1.82, 2.24) is 4.98 Å². The van der Waals surface area contributed by atoms with Gasteiger partial charge in [-0.1, -0.05) is 25.3 Å². The van der Waals surface area contributed by atoms with Crippen LogP contribution in [0, 0.1) is 0 Å². The minimum Gasteiger partial charge on any atom is -0.396 e. The summed E-state index contributed by atoms with van der Waals surface area (Å²) in [4.78, 5) is 3.29. The third kappa shape index (κ3) is 2.17. The number of aromatic nitrogens is 1. The topological polar surface area (TPSA) is 36.0 Å². The largest absolute Gasteiger partial charge is 0.396 e. The van der Waals surface area contributed by atoms with Gasteiger partial charge < -0.3 is 10.1 Å². The van der Waals surface area contributed by atoms with E-state index in [9.17, 15) is 0 Å². The van der Waals surface area contributed by atoms with Gasteiger partial charge in [0.15, 0.2) is 0 Å². The lowest BCUT2D eigenvalue weighted by Crippen LogP contribution is -2.04. The minimum atomic E-state index is 0.223. The van der Waals surface area contributed by atoms with E-state index in [1.54, 1.807) is 0 Å². The van der Waals surface area contributed by atoms with Gasteiger partial charge in [0.2, 0.25) is 0 Å². The van der Waals surface area contributed by atoms with Crippen LogP contribution in [0.15, 0.2) is 24.4 Å². The Morgan fingerprint density at radius 2 is 2.00 bits per heavy atom. The Kier molecular flexibility index (Phi) is 3.37. The van der Waals surface area contributed by atoms with Gasteiger partial charge in [-0.3, -0.25) is 0 Å². The van der Waals surface area contributed by atoms with E-state index < -0.39 is 0 Å². The Morgan fingerprint density at radius 3 is 2.78 bits per heavy atom. The quantitative estimate of drug-likeness (QED) is 0.846. The smallest absolute Gasteiger partial charge is 0.0472 e. The highest BCUT2D eigenvalue weighted by Gasteiger charge is 2.16. The van der Waals surface area contributed by atoms with E-state index in [1.807, 2.05) is 6.20 Å². The van der Waals surface area contributed by atoms with Crippen LogP contribution in [0.2, 0.25) is 0 Å². The Labute approximate surface area is 108 Å². The normalized spacial score (nSPS) is 17.4. The molecule has 1 saturated carbocycles. The van der Waals surface area contributed by atoms with Gasteiger partial charge >= 0.3 is 0 Å². The number of nitrogens with one attached hydrogen (secondary N) is 1. The van der Waals surface area contributed by atoms with Crippen LogP contribution in [0.25, 0.3) is 10.9 Å². The molecule has 96 valence electrons. The maximum atomic E-state index is 9.10. The molecule has 1 heterocycles. The second-order valence-corrected chi connectivity index (χ2v) is 5.43. The summed E-state index contributed by atoms with van der Waals surface area (Å²) >= 11 is 0. The van der Waals surface area contributed by atoms with Crippen molar-refractivity contribution in [2.45, 2.75) is 44.4 Å². The van der Waals surface area contributed by atoms with Crippen molar-refractivity contribution in [3.8, 4) is 0 Å². The fraction of sp³-hybridized carbons (Fsp3) is 0.500. The highest BCUT2D eigenvalue weighted by Crippen LogP contribution is 2.34. The average Bonchev–Trinajstić information content (AvgIpc) is 2.83. The molecule has 0 atom stereocenters. The monoisotopic (exact) mass is 243 g/mol. The zero-order valence-corrected chi connectivity index (χ0v) is 10.8. The highest BCUT2D eigenvalue weighted by molar-refractivity contribution is 5.84. The van der Waals surface area contributed by atoms with Gasteiger partial charge in [0.25, 0.3) is 0 Å². The SMILES string of the molecule is OCCc1c[nH]c2ccc(C3CCCCC3)cc12. The Balaban J connectivity index is 1.95. The molecule has 0 radical (unpaired) electrons. The average molecular weight is 243 g/mol. The number of hydrogen-bond acceptors (Lipinski definition) is 1. The predicted octanol–water partition coefficient (Wildman–Crippen LogP) is 3.75. The van der Waals surface area contributed by atoms with E-state index in [-0.39, 0.29) is 6.61 Å². The molecule has 2 heteroatoms. The van der Waals surface area contributed by atoms with Crippen molar-refractivity contribution in [1.29, 1.82) is 0 Å². The molecule has 0 saturated heterocycles. The van der Waals surface area contributed by atoms with Gasteiger partial charge in [0.05, 0.1) is 0 Å². The van der Waals surface area contributed by atoms with Crippen LogP contribution in [0.3, 0.4) is 0 Å². The number of aromatic amines is 1. The molecular formula is C16H21NO. The Morgan fingerprint density at radius 1 is 1.17 bits per heavy atom. The molecule has 3 rings (SSSR count). The van der Waals surface area contributed by atoms with E-state index in [2.05, 4.69) is 23.2 Å². The van der Waals surface area contributed by atoms with Crippen molar-refractivity contribution in [3.63, 3.8) is 0 Å². The number of benzene rings is 1. The molecule has 2 nitrogen and oxygen atoms in total. The van der Waals surface area contributed by atoms with Gasteiger partial charge in [-0.25, -0.2) is 0 Å². The first kappa shape index (κ1) is 11.8. The summed E-state index contributed by atoms with van der Waals surface area (Å²) in [6, 6.07) is 6.81. The third-order valence-corrected chi connectivity index (χ3v) is 4.25. The molecule has 2 N–H and O–H groups in total. The maximum Gasteiger partial charge on any atom is 0.0472 e. The number of aliphatic hydroxyl groups is 1. The van der Waals surface area contributed by atoms with Crippen LogP contribution in [-0.4, -0.2) is 16.7 Å². The number of fused-ring (bicyclic) bond motifs is 1. The summed E-state index contributed by atoms with van der Waals surface area (Å²) in [5, 5.41) is 10.4. The molecule has 0 amide bonds.